The summed E-state index contributed by atoms with van der Waals surface area (Å²) in [5.74, 6) is -0.233. The first kappa shape index (κ1) is 29.4. The number of likely N-dealkylation sites (N-methyl/N-ethyl adjacent to an activating group) is 1. The fraction of sp³-hybridized carbons (Fsp3) is 0.306. The molecule has 2 aromatic carbocycles. The molecule has 1 fully saturated rings. The molecular weight excluding hydrogens is 546 g/mol. The lowest BCUT2D eigenvalue weighted by molar-refractivity contribution is -0.111. The number of aromatic amines is 1. The predicted molar refractivity (Wildman–Crippen MR) is 181 cm³/mol. The largest absolute Gasteiger partial charge is 0.369 e. The maximum absolute atomic E-state index is 12.3. The van der Waals surface area contributed by atoms with Crippen molar-refractivity contribution in [2.75, 3.05) is 36.9 Å². The fourth-order valence-corrected chi connectivity index (χ4v) is 6.30. The van der Waals surface area contributed by atoms with E-state index < -0.39 is 0 Å². The Bertz CT molecular complexity index is 1860. The molecule has 5 aromatic rings. The van der Waals surface area contributed by atoms with E-state index in [0.717, 1.165) is 87.5 Å². The van der Waals surface area contributed by atoms with Crippen molar-refractivity contribution in [2.45, 2.75) is 40.2 Å². The zero-order valence-corrected chi connectivity index (χ0v) is 26.5. The Morgan fingerprint density at radius 2 is 1.82 bits per heavy atom. The number of aryl methyl sites for hydroxylation is 3. The van der Waals surface area contributed by atoms with Gasteiger partial charge >= 0.3 is 0 Å². The normalized spacial score (nSPS) is 15.6. The van der Waals surface area contributed by atoms with Crippen LogP contribution < -0.4 is 10.2 Å². The van der Waals surface area contributed by atoms with Crippen LogP contribution in [0, 0.1) is 13.8 Å². The molecule has 0 spiro atoms. The Kier molecular flexibility index (Phi) is 7.86. The summed E-state index contributed by atoms with van der Waals surface area (Å²) in [6, 6.07) is 15.6. The Labute approximate surface area is 259 Å². The minimum Gasteiger partial charge on any atom is -0.369 e. The van der Waals surface area contributed by atoms with Crippen LogP contribution in [0.25, 0.3) is 44.5 Å². The molecular formula is C36H41N7O. The molecule has 1 aliphatic heterocycles. The summed E-state index contributed by atoms with van der Waals surface area (Å²) < 4.78 is 1.90. The SMILES string of the molecule is C=CC(=O)Nc1cc(-c2c(-c3ccc(N4CCN(C)[C@@H](C)C4)cc3)[nH]c3ncc(-c4cnn(C)c4C)c(CC)c23)ccc1C. The smallest absolute Gasteiger partial charge is 0.247 e. The van der Waals surface area contributed by atoms with E-state index in [-0.39, 0.29) is 5.91 Å². The van der Waals surface area contributed by atoms with Gasteiger partial charge in [-0.05, 0) is 80.8 Å². The fourth-order valence-electron chi connectivity index (χ4n) is 6.30. The molecule has 1 saturated heterocycles. The molecule has 44 heavy (non-hydrogen) atoms. The lowest BCUT2D eigenvalue weighted by atomic mass is 9.91. The number of aromatic nitrogens is 4. The lowest BCUT2D eigenvalue weighted by Gasteiger charge is -2.39. The van der Waals surface area contributed by atoms with Crippen LogP contribution in [0.3, 0.4) is 0 Å². The molecule has 1 amide bonds. The number of benzene rings is 2. The van der Waals surface area contributed by atoms with Crippen LogP contribution in [0.1, 0.15) is 30.7 Å². The average molecular weight is 588 g/mol. The quantitative estimate of drug-likeness (QED) is 0.206. The van der Waals surface area contributed by atoms with Gasteiger partial charge in [0, 0.05) is 78.1 Å². The third-order valence-corrected chi connectivity index (χ3v) is 9.26. The van der Waals surface area contributed by atoms with Gasteiger partial charge in [0.1, 0.15) is 5.65 Å². The van der Waals surface area contributed by atoms with Crippen LogP contribution >= 0.6 is 0 Å². The zero-order valence-electron chi connectivity index (χ0n) is 26.5. The van der Waals surface area contributed by atoms with Crippen molar-refractivity contribution < 1.29 is 4.79 Å². The summed E-state index contributed by atoms with van der Waals surface area (Å²) in [6.45, 7) is 15.3. The number of H-pyrrole nitrogens is 1. The molecule has 226 valence electrons. The molecule has 4 heterocycles. The second-order valence-corrected chi connectivity index (χ2v) is 11.9. The van der Waals surface area contributed by atoms with Crippen molar-refractivity contribution in [1.82, 2.24) is 24.6 Å². The van der Waals surface area contributed by atoms with Crippen LogP contribution in [-0.4, -0.2) is 63.3 Å². The van der Waals surface area contributed by atoms with Gasteiger partial charge in [-0.15, -0.1) is 0 Å². The number of rotatable bonds is 7. The number of pyridine rings is 1. The van der Waals surface area contributed by atoms with Gasteiger partial charge in [0.15, 0.2) is 0 Å². The van der Waals surface area contributed by atoms with Crippen molar-refractivity contribution in [2.24, 2.45) is 7.05 Å². The maximum Gasteiger partial charge on any atom is 0.247 e. The average Bonchev–Trinajstić information content (AvgIpc) is 3.58. The monoisotopic (exact) mass is 587 g/mol. The summed E-state index contributed by atoms with van der Waals surface area (Å²) >= 11 is 0. The zero-order chi connectivity index (χ0) is 31.1. The summed E-state index contributed by atoms with van der Waals surface area (Å²) in [4.78, 5) is 25.8. The van der Waals surface area contributed by atoms with Crippen LogP contribution in [0.15, 0.2) is 67.5 Å². The molecule has 3 aromatic heterocycles. The Morgan fingerprint density at radius 1 is 1.07 bits per heavy atom. The van der Waals surface area contributed by atoms with Crippen molar-refractivity contribution in [1.29, 1.82) is 0 Å². The number of hydrogen-bond donors (Lipinski definition) is 2. The van der Waals surface area contributed by atoms with E-state index in [1.165, 1.54) is 17.3 Å². The molecule has 2 N–H and O–H groups in total. The van der Waals surface area contributed by atoms with Crippen LogP contribution in [0.5, 0.6) is 0 Å². The molecule has 0 unspecified atom stereocenters. The first-order valence-corrected chi connectivity index (χ1v) is 15.3. The molecule has 8 heteroatoms. The molecule has 0 aliphatic carbocycles. The second kappa shape index (κ2) is 11.8. The highest BCUT2D eigenvalue weighted by Crippen LogP contribution is 2.43. The molecule has 1 aliphatic rings. The Balaban J connectivity index is 1.55. The van der Waals surface area contributed by atoms with Gasteiger partial charge in [0.2, 0.25) is 5.91 Å². The van der Waals surface area contributed by atoms with E-state index in [0.29, 0.717) is 6.04 Å². The molecule has 1 atom stereocenters. The van der Waals surface area contributed by atoms with Gasteiger partial charge in [-0.25, -0.2) is 4.98 Å². The second-order valence-electron chi connectivity index (χ2n) is 11.9. The van der Waals surface area contributed by atoms with E-state index in [4.69, 9.17) is 4.98 Å². The summed E-state index contributed by atoms with van der Waals surface area (Å²) in [5.41, 5.74) is 12.5. The van der Waals surface area contributed by atoms with Crippen molar-refractivity contribution in [3.8, 4) is 33.5 Å². The van der Waals surface area contributed by atoms with Gasteiger partial charge in [-0.2, -0.15) is 5.10 Å². The van der Waals surface area contributed by atoms with Gasteiger partial charge in [-0.3, -0.25) is 9.48 Å². The standard InChI is InChI=1S/C36H41N7O/c1-8-28-30(29-20-38-42(7)24(29)5)19-37-36-34(28)33(26-11-10-22(3)31(18-26)39-32(44)9-2)35(40-36)25-12-14-27(15-13-25)43-17-16-41(6)23(4)21-43/h9-15,18-20,23H,2,8,16-17,21H2,1,3-7H3,(H,37,40)(H,39,44)/t23-/m0/s1. The number of anilines is 2. The number of fused-ring (bicyclic) bond motifs is 1. The van der Waals surface area contributed by atoms with E-state index in [9.17, 15) is 4.79 Å². The number of carbonyl (C=O) groups excluding carboxylic acids is 1. The molecule has 0 saturated carbocycles. The third-order valence-electron chi connectivity index (χ3n) is 9.26. The maximum atomic E-state index is 12.3. The number of piperazine rings is 1. The number of nitrogens with one attached hydrogen (secondary N) is 2. The highest BCUT2D eigenvalue weighted by molar-refractivity contribution is 6.07. The van der Waals surface area contributed by atoms with Crippen LogP contribution in [-0.2, 0) is 18.3 Å². The lowest BCUT2D eigenvalue weighted by Crippen LogP contribution is -2.50. The highest BCUT2D eigenvalue weighted by Gasteiger charge is 2.24. The predicted octanol–water partition coefficient (Wildman–Crippen LogP) is 6.74. The van der Waals surface area contributed by atoms with Gasteiger partial charge in [0.25, 0.3) is 0 Å². The summed E-state index contributed by atoms with van der Waals surface area (Å²) in [5, 5.41) is 8.60. The van der Waals surface area contributed by atoms with Gasteiger partial charge in [-0.1, -0.05) is 37.8 Å². The van der Waals surface area contributed by atoms with Crippen molar-refractivity contribution in [3.63, 3.8) is 0 Å². The van der Waals surface area contributed by atoms with Crippen molar-refractivity contribution >= 4 is 28.3 Å². The van der Waals surface area contributed by atoms with E-state index >= 15 is 0 Å². The minimum atomic E-state index is -0.233. The number of amides is 1. The van der Waals surface area contributed by atoms with Crippen molar-refractivity contribution in [3.05, 3.63) is 84.3 Å². The molecule has 8 nitrogen and oxygen atoms in total. The summed E-state index contributed by atoms with van der Waals surface area (Å²) in [6.07, 6.45) is 6.02. The van der Waals surface area contributed by atoms with E-state index in [1.807, 2.05) is 31.0 Å². The summed E-state index contributed by atoms with van der Waals surface area (Å²) in [7, 11) is 4.16. The van der Waals surface area contributed by atoms with Gasteiger partial charge in [0.05, 0.1) is 11.9 Å². The Hall–Kier alpha value is -4.69. The molecule has 0 bridgehead atoms. The van der Waals surface area contributed by atoms with Crippen LogP contribution in [0.2, 0.25) is 0 Å². The Morgan fingerprint density at radius 3 is 2.48 bits per heavy atom. The topological polar surface area (TPSA) is 82.1 Å². The first-order valence-electron chi connectivity index (χ1n) is 15.3. The highest BCUT2D eigenvalue weighted by atomic mass is 16.1. The van der Waals surface area contributed by atoms with Crippen LogP contribution in [0.4, 0.5) is 11.4 Å². The van der Waals surface area contributed by atoms with Gasteiger partial charge < -0.3 is 20.1 Å². The number of hydrogen-bond acceptors (Lipinski definition) is 5. The molecule has 6 rings (SSSR count). The minimum absolute atomic E-state index is 0.233. The number of nitrogens with zero attached hydrogens (tertiary/aromatic N) is 5. The number of carbonyl (C=O) groups is 1. The van der Waals surface area contributed by atoms with E-state index in [2.05, 4.69) is 102 Å². The first-order chi connectivity index (χ1) is 21.2. The molecule has 0 radical (unpaired) electrons. The van der Waals surface area contributed by atoms with E-state index in [1.54, 1.807) is 0 Å². The third kappa shape index (κ3) is 5.19.